The van der Waals surface area contributed by atoms with Gasteiger partial charge in [-0.2, -0.15) is 0 Å². The summed E-state index contributed by atoms with van der Waals surface area (Å²) in [5.41, 5.74) is 6.16. The fraction of sp³-hybridized carbons (Fsp3) is 0.636. The van der Waals surface area contributed by atoms with Crippen LogP contribution in [0, 0.1) is 5.41 Å². The van der Waals surface area contributed by atoms with Gasteiger partial charge in [0.2, 0.25) is 0 Å². The zero-order valence-corrected chi connectivity index (χ0v) is 8.95. The van der Waals surface area contributed by atoms with Crippen LogP contribution in [0.3, 0.4) is 0 Å². The van der Waals surface area contributed by atoms with Gasteiger partial charge in [0.15, 0.2) is 0 Å². The summed E-state index contributed by atoms with van der Waals surface area (Å²) in [6.07, 6.45) is 8.40. The SMILES string of the molecule is NCC1(CNc2ccncn2)CCCC1. The normalized spacial score (nSPS) is 19.0. The summed E-state index contributed by atoms with van der Waals surface area (Å²) in [6, 6.07) is 1.89. The van der Waals surface area contributed by atoms with Crippen molar-refractivity contribution >= 4 is 5.82 Å². The molecule has 0 radical (unpaired) electrons. The van der Waals surface area contributed by atoms with Crippen LogP contribution in [-0.2, 0) is 0 Å². The van der Waals surface area contributed by atoms with E-state index in [0.717, 1.165) is 18.9 Å². The Morgan fingerprint density at radius 1 is 1.40 bits per heavy atom. The Kier molecular flexibility index (Phi) is 3.16. The number of anilines is 1. The standard InChI is InChI=1S/C11H18N4/c12-7-11(4-1-2-5-11)8-14-10-3-6-13-9-15-10/h3,6,9H,1-2,4-5,7-8,12H2,(H,13,14,15). The molecule has 0 spiro atoms. The van der Waals surface area contributed by atoms with Crippen molar-refractivity contribution in [3.8, 4) is 0 Å². The van der Waals surface area contributed by atoms with Gasteiger partial charge in [-0.15, -0.1) is 0 Å². The first-order valence-corrected chi connectivity index (χ1v) is 5.55. The van der Waals surface area contributed by atoms with Gasteiger partial charge in [-0.1, -0.05) is 12.8 Å². The lowest BCUT2D eigenvalue weighted by molar-refractivity contribution is 0.332. The second-order valence-electron chi connectivity index (χ2n) is 4.36. The lowest BCUT2D eigenvalue weighted by Crippen LogP contribution is -2.34. The van der Waals surface area contributed by atoms with E-state index in [0.29, 0.717) is 5.41 Å². The number of nitrogens with one attached hydrogen (secondary N) is 1. The van der Waals surface area contributed by atoms with E-state index in [1.165, 1.54) is 25.7 Å². The molecule has 1 aromatic heterocycles. The van der Waals surface area contributed by atoms with Gasteiger partial charge >= 0.3 is 0 Å². The van der Waals surface area contributed by atoms with E-state index in [1.807, 2.05) is 6.07 Å². The van der Waals surface area contributed by atoms with Crippen LogP contribution in [0.1, 0.15) is 25.7 Å². The predicted octanol–water partition coefficient (Wildman–Crippen LogP) is 1.41. The highest BCUT2D eigenvalue weighted by Crippen LogP contribution is 2.36. The maximum atomic E-state index is 5.86. The molecule has 1 saturated carbocycles. The number of hydrogen-bond donors (Lipinski definition) is 2. The summed E-state index contributed by atoms with van der Waals surface area (Å²) < 4.78 is 0. The molecule has 0 atom stereocenters. The molecule has 1 aromatic rings. The predicted molar refractivity (Wildman–Crippen MR) is 60.5 cm³/mol. The van der Waals surface area contributed by atoms with Crippen molar-refractivity contribution < 1.29 is 0 Å². The lowest BCUT2D eigenvalue weighted by atomic mass is 9.86. The Bertz CT molecular complexity index is 293. The van der Waals surface area contributed by atoms with Gasteiger partial charge in [0.25, 0.3) is 0 Å². The summed E-state index contributed by atoms with van der Waals surface area (Å²) in [6.45, 7) is 1.70. The van der Waals surface area contributed by atoms with Crippen LogP contribution in [0.2, 0.25) is 0 Å². The second kappa shape index (κ2) is 4.57. The van der Waals surface area contributed by atoms with Crippen LogP contribution < -0.4 is 11.1 Å². The summed E-state index contributed by atoms with van der Waals surface area (Å²) in [5, 5.41) is 3.35. The Labute approximate surface area is 90.3 Å². The van der Waals surface area contributed by atoms with Crippen molar-refractivity contribution in [3.05, 3.63) is 18.6 Å². The average Bonchev–Trinajstić information content (AvgIpc) is 2.77. The van der Waals surface area contributed by atoms with Crippen molar-refractivity contribution in [3.63, 3.8) is 0 Å². The van der Waals surface area contributed by atoms with E-state index in [-0.39, 0.29) is 0 Å². The molecule has 0 unspecified atom stereocenters. The molecular weight excluding hydrogens is 188 g/mol. The van der Waals surface area contributed by atoms with E-state index in [2.05, 4.69) is 15.3 Å². The first-order valence-electron chi connectivity index (χ1n) is 5.55. The highest BCUT2D eigenvalue weighted by Gasteiger charge is 2.32. The zero-order valence-electron chi connectivity index (χ0n) is 8.95. The van der Waals surface area contributed by atoms with E-state index in [1.54, 1.807) is 12.5 Å². The van der Waals surface area contributed by atoms with Gasteiger partial charge in [0.1, 0.15) is 12.1 Å². The molecule has 0 aromatic carbocycles. The molecule has 0 aliphatic heterocycles. The Morgan fingerprint density at radius 3 is 2.80 bits per heavy atom. The molecule has 0 amide bonds. The van der Waals surface area contributed by atoms with Gasteiger partial charge in [0.05, 0.1) is 0 Å². The molecule has 3 N–H and O–H groups in total. The smallest absolute Gasteiger partial charge is 0.129 e. The van der Waals surface area contributed by atoms with Crippen LogP contribution in [0.15, 0.2) is 18.6 Å². The molecule has 4 nitrogen and oxygen atoms in total. The number of hydrogen-bond acceptors (Lipinski definition) is 4. The summed E-state index contributed by atoms with van der Waals surface area (Å²) in [4.78, 5) is 8.03. The van der Waals surface area contributed by atoms with Crippen molar-refractivity contribution in [2.24, 2.45) is 11.1 Å². The third-order valence-corrected chi connectivity index (χ3v) is 3.32. The maximum Gasteiger partial charge on any atom is 0.129 e. The number of aromatic nitrogens is 2. The van der Waals surface area contributed by atoms with E-state index in [4.69, 9.17) is 5.73 Å². The molecule has 0 bridgehead atoms. The first-order chi connectivity index (χ1) is 7.35. The summed E-state index contributed by atoms with van der Waals surface area (Å²) >= 11 is 0. The van der Waals surface area contributed by atoms with Crippen molar-refractivity contribution in [1.29, 1.82) is 0 Å². The number of nitrogens with zero attached hydrogens (tertiary/aromatic N) is 2. The molecule has 15 heavy (non-hydrogen) atoms. The van der Waals surface area contributed by atoms with Crippen LogP contribution >= 0.6 is 0 Å². The zero-order chi connectivity index (χ0) is 10.6. The Balaban J connectivity index is 1.92. The van der Waals surface area contributed by atoms with Crippen molar-refractivity contribution in [1.82, 2.24) is 9.97 Å². The molecule has 2 rings (SSSR count). The van der Waals surface area contributed by atoms with Crippen LogP contribution in [0.4, 0.5) is 5.82 Å². The highest BCUT2D eigenvalue weighted by atomic mass is 15.0. The maximum absolute atomic E-state index is 5.86. The molecule has 0 saturated heterocycles. The minimum atomic E-state index is 0.297. The average molecular weight is 206 g/mol. The van der Waals surface area contributed by atoms with Gasteiger partial charge in [0, 0.05) is 12.7 Å². The fourth-order valence-electron chi connectivity index (χ4n) is 2.25. The second-order valence-corrected chi connectivity index (χ2v) is 4.36. The molecule has 82 valence electrons. The van der Waals surface area contributed by atoms with Crippen LogP contribution in [0.25, 0.3) is 0 Å². The minimum absolute atomic E-state index is 0.297. The van der Waals surface area contributed by atoms with E-state index < -0.39 is 0 Å². The fourth-order valence-corrected chi connectivity index (χ4v) is 2.25. The van der Waals surface area contributed by atoms with Crippen molar-refractivity contribution in [2.75, 3.05) is 18.4 Å². The van der Waals surface area contributed by atoms with Crippen LogP contribution in [0.5, 0.6) is 0 Å². The minimum Gasteiger partial charge on any atom is -0.369 e. The van der Waals surface area contributed by atoms with Crippen molar-refractivity contribution in [2.45, 2.75) is 25.7 Å². The molecular formula is C11H18N4. The monoisotopic (exact) mass is 206 g/mol. The van der Waals surface area contributed by atoms with Gasteiger partial charge in [-0.25, -0.2) is 9.97 Å². The lowest BCUT2D eigenvalue weighted by Gasteiger charge is -2.27. The van der Waals surface area contributed by atoms with E-state index in [9.17, 15) is 0 Å². The number of rotatable bonds is 4. The number of nitrogens with two attached hydrogens (primary N) is 1. The highest BCUT2D eigenvalue weighted by molar-refractivity contribution is 5.32. The molecule has 4 heteroatoms. The van der Waals surface area contributed by atoms with Crippen LogP contribution in [-0.4, -0.2) is 23.1 Å². The van der Waals surface area contributed by atoms with Gasteiger partial charge in [-0.3, -0.25) is 0 Å². The quantitative estimate of drug-likeness (QED) is 0.781. The Hall–Kier alpha value is -1.16. The van der Waals surface area contributed by atoms with E-state index >= 15 is 0 Å². The van der Waals surface area contributed by atoms with Gasteiger partial charge in [-0.05, 0) is 30.9 Å². The largest absolute Gasteiger partial charge is 0.369 e. The third-order valence-electron chi connectivity index (χ3n) is 3.32. The molecule has 1 aliphatic rings. The third kappa shape index (κ3) is 2.45. The summed E-state index contributed by atoms with van der Waals surface area (Å²) in [7, 11) is 0. The van der Waals surface area contributed by atoms with Gasteiger partial charge < -0.3 is 11.1 Å². The molecule has 1 heterocycles. The first kappa shape index (κ1) is 10.4. The Morgan fingerprint density at radius 2 is 2.20 bits per heavy atom. The molecule has 1 fully saturated rings. The molecule has 1 aliphatic carbocycles. The topological polar surface area (TPSA) is 63.8 Å². The summed E-state index contributed by atoms with van der Waals surface area (Å²) in [5.74, 6) is 0.893.